The number of thioether (sulfide) groups is 1. The Morgan fingerprint density at radius 1 is 1.15 bits per heavy atom. The summed E-state index contributed by atoms with van der Waals surface area (Å²) in [6.07, 6.45) is 2.79. The van der Waals surface area contributed by atoms with Gasteiger partial charge in [-0.2, -0.15) is 0 Å². The molecule has 0 spiro atoms. The first-order chi connectivity index (χ1) is 12.7. The molecular formula is C20H16N2O3S. The minimum Gasteiger partial charge on any atom is -0.431 e. The summed E-state index contributed by atoms with van der Waals surface area (Å²) >= 11 is 1.28. The highest BCUT2D eigenvalue weighted by Gasteiger charge is 2.17. The first-order valence-electron chi connectivity index (χ1n) is 8.29. The van der Waals surface area contributed by atoms with E-state index in [2.05, 4.69) is 10.3 Å². The van der Waals surface area contributed by atoms with Crippen molar-refractivity contribution in [1.29, 1.82) is 0 Å². The van der Waals surface area contributed by atoms with Crippen LogP contribution in [0, 0.1) is 0 Å². The fraction of sp³-hybridized carbons (Fsp3) is 0.150. The highest BCUT2D eigenvalue weighted by Crippen LogP contribution is 2.27. The molecule has 0 fully saturated rings. The number of anilines is 1. The van der Waals surface area contributed by atoms with Gasteiger partial charge in [0.1, 0.15) is 0 Å². The summed E-state index contributed by atoms with van der Waals surface area (Å²) in [5, 5.41) is 3.30. The zero-order valence-electron chi connectivity index (χ0n) is 13.9. The summed E-state index contributed by atoms with van der Waals surface area (Å²) in [6.45, 7) is 0. The van der Waals surface area contributed by atoms with Crippen molar-refractivity contribution in [3.63, 3.8) is 0 Å². The topological polar surface area (TPSA) is 72.2 Å². The number of ketones is 1. The molecule has 1 aliphatic rings. The number of hydrogen-bond donors (Lipinski definition) is 1. The maximum absolute atomic E-state index is 12.5. The number of oxazole rings is 1. The van der Waals surface area contributed by atoms with Gasteiger partial charge in [0.2, 0.25) is 5.91 Å². The number of aryl methyl sites for hydroxylation is 1. The van der Waals surface area contributed by atoms with Gasteiger partial charge in [-0.3, -0.25) is 9.59 Å². The van der Waals surface area contributed by atoms with Crippen LogP contribution in [0.3, 0.4) is 0 Å². The number of carbonyl (C=O) groups excluding carboxylic acids is 2. The number of nitrogens with one attached hydrogen (secondary N) is 1. The predicted molar refractivity (Wildman–Crippen MR) is 100 cm³/mol. The minimum absolute atomic E-state index is 0.00848. The van der Waals surface area contributed by atoms with Crippen LogP contribution in [-0.2, 0) is 11.2 Å². The fourth-order valence-electron chi connectivity index (χ4n) is 2.83. The molecule has 0 atom stereocenters. The van der Waals surface area contributed by atoms with Crippen molar-refractivity contribution < 1.29 is 14.0 Å². The van der Waals surface area contributed by atoms with E-state index < -0.39 is 0 Å². The summed E-state index contributed by atoms with van der Waals surface area (Å²) in [5.41, 5.74) is 3.39. The molecule has 4 rings (SSSR count). The second-order valence-electron chi connectivity index (χ2n) is 5.99. The molecule has 2 aromatic carbocycles. The number of Topliss-reactive ketones (excluding diaryl/α,β-unsaturated/α-hetero) is 1. The lowest BCUT2D eigenvalue weighted by atomic mass is 9.99. The molecule has 1 N–H and O–H groups in total. The van der Waals surface area contributed by atoms with Crippen molar-refractivity contribution in [1.82, 2.24) is 4.98 Å². The Balaban J connectivity index is 1.42. The van der Waals surface area contributed by atoms with E-state index in [9.17, 15) is 9.59 Å². The van der Waals surface area contributed by atoms with Crippen molar-refractivity contribution >= 4 is 29.1 Å². The Labute approximate surface area is 154 Å². The van der Waals surface area contributed by atoms with Gasteiger partial charge in [0.15, 0.2) is 11.5 Å². The van der Waals surface area contributed by atoms with Gasteiger partial charge in [0.25, 0.3) is 5.22 Å². The van der Waals surface area contributed by atoms with Gasteiger partial charge < -0.3 is 9.73 Å². The number of amides is 1. The summed E-state index contributed by atoms with van der Waals surface area (Å²) in [4.78, 5) is 28.1. The molecule has 6 heteroatoms. The third kappa shape index (κ3) is 3.55. The Bertz CT molecular complexity index is 966. The molecule has 1 aliphatic heterocycles. The lowest BCUT2D eigenvalue weighted by molar-refractivity contribution is -0.116. The van der Waals surface area contributed by atoms with E-state index in [1.54, 1.807) is 18.3 Å². The molecule has 0 radical (unpaired) electrons. The molecule has 0 saturated carbocycles. The number of hydrogen-bond acceptors (Lipinski definition) is 5. The van der Waals surface area contributed by atoms with Gasteiger partial charge in [-0.15, -0.1) is 0 Å². The first-order valence-corrected chi connectivity index (χ1v) is 9.27. The van der Waals surface area contributed by atoms with Crippen molar-refractivity contribution in [2.75, 3.05) is 11.1 Å². The van der Waals surface area contributed by atoms with Gasteiger partial charge in [-0.25, -0.2) is 4.98 Å². The van der Waals surface area contributed by atoms with Gasteiger partial charge >= 0.3 is 0 Å². The maximum atomic E-state index is 12.5. The van der Waals surface area contributed by atoms with E-state index in [-0.39, 0.29) is 17.4 Å². The Hall–Kier alpha value is -2.86. The van der Waals surface area contributed by atoms with Crippen LogP contribution in [0.25, 0.3) is 11.3 Å². The summed E-state index contributed by atoms with van der Waals surface area (Å²) in [6, 6.07) is 15.1. The predicted octanol–water partition coefficient (Wildman–Crippen LogP) is 4.20. The van der Waals surface area contributed by atoms with Crippen LogP contribution in [-0.4, -0.2) is 22.4 Å². The quantitative estimate of drug-likeness (QED) is 0.543. The summed E-state index contributed by atoms with van der Waals surface area (Å²) in [5.74, 6) is 0.962. The van der Waals surface area contributed by atoms with Gasteiger partial charge in [-0.1, -0.05) is 42.1 Å². The monoisotopic (exact) mass is 364 g/mol. The third-order valence-corrected chi connectivity index (χ3v) is 5.03. The number of carbonyl (C=O) groups is 2. The smallest absolute Gasteiger partial charge is 0.256 e. The maximum Gasteiger partial charge on any atom is 0.256 e. The number of nitrogens with zero attached hydrogens (tertiary/aromatic N) is 1. The number of rotatable bonds is 5. The number of aromatic nitrogens is 1. The van der Waals surface area contributed by atoms with Gasteiger partial charge in [0.05, 0.1) is 11.9 Å². The van der Waals surface area contributed by atoms with E-state index in [1.165, 1.54) is 11.8 Å². The molecular weight excluding hydrogens is 348 g/mol. The Morgan fingerprint density at radius 3 is 2.85 bits per heavy atom. The van der Waals surface area contributed by atoms with E-state index in [1.807, 2.05) is 36.4 Å². The molecule has 0 saturated heterocycles. The van der Waals surface area contributed by atoms with Crippen LogP contribution in [0.2, 0.25) is 0 Å². The molecule has 0 unspecified atom stereocenters. The SMILES string of the molecule is O=C1CCc2cc(C(=O)CSc3ncc(-c4ccccc4)o3)ccc2N1. The molecule has 0 aliphatic carbocycles. The second-order valence-corrected chi connectivity index (χ2v) is 6.91. The normalized spacial score (nSPS) is 13.2. The van der Waals surface area contributed by atoms with E-state index >= 15 is 0 Å². The van der Waals surface area contributed by atoms with Crippen LogP contribution < -0.4 is 5.32 Å². The van der Waals surface area contributed by atoms with E-state index in [4.69, 9.17) is 4.42 Å². The second kappa shape index (κ2) is 7.17. The van der Waals surface area contributed by atoms with E-state index in [0.29, 0.717) is 29.4 Å². The summed E-state index contributed by atoms with van der Waals surface area (Å²) < 4.78 is 5.71. The molecule has 2 heterocycles. The zero-order chi connectivity index (χ0) is 17.9. The van der Waals surface area contributed by atoms with Crippen molar-refractivity contribution in [2.45, 2.75) is 18.1 Å². The van der Waals surface area contributed by atoms with Crippen LogP contribution in [0.4, 0.5) is 5.69 Å². The van der Waals surface area contributed by atoms with Crippen molar-refractivity contribution in [2.24, 2.45) is 0 Å². The number of fused-ring (bicyclic) bond motifs is 1. The average Bonchev–Trinajstić information content (AvgIpc) is 3.15. The molecule has 26 heavy (non-hydrogen) atoms. The summed E-state index contributed by atoms with van der Waals surface area (Å²) in [7, 11) is 0. The molecule has 0 bridgehead atoms. The Kier molecular flexibility index (Phi) is 4.58. The van der Waals surface area contributed by atoms with Crippen LogP contribution in [0.15, 0.2) is 64.4 Å². The Morgan fingerprint density at radius 2 is 2.00 bits per heavy atom. The molecule has 5 nitrogen and oxygen atoms in total. The first kappa shape index (κ1) is 16.6. The molecule has 1 aromatic heterocycles. The van der Waals surface area contributed by atoms with Gasteiger partial charge in [0, 0.05) is 23.2 Å². The molecule has 130 valence electrons. The zero-order valence-corrected chi connectivity index (χ0v) is 14.7. The van der Waals surface area contributed by atoms with Crippen LogP contribution in [0.5, 0.6) is 0 Å². The van der Waals surface area contributed by atoms with E-state index in [0.717, 1.165) is 16.8 Å². The lowest BCUT2D eigenvalue weighted by Crippen LogP contribution is -2.19. The average molecular weight is 364 g/mol. The highest BCUT2D eigenvalue weighted by molar-refractivity contribution is 7.99. The van der Waals surface area contributed by atoms with Crippen LogP contribution in [0.1, 0.15) is 22.3 Å². The third-order valence-electron chi connectivity index (χ3n) is 4.19. The van der Waals surface area contributed by atoms with Gasteiger partial charge in [-0.05, 0) is 30.2 Å². The highest BCUT2D eigenvalue weighted by atomic mass is 32.2. The van der Waals surface area contributed by atoms with Crippen molar-refractivity contribution in [3.8, 4) is 11.3 Å². The minimum atomic E-state index is 0.00848. The van der Waals surface area contributed by atoms with Crippen molar-refractivity contribution in [3.05, 3.63) is 65.9 Å². The number of benzene rings is 2. The lowest BCUT2D eigenvalue weighted by Gasteiger charge is -2.17. The molecule has 3 aromatic rings. The molecule has 1 amide bonds. The largest absolute Gasteiger partial charge is 0.431 e. The fourth-order valence-corrected chi connectivity index (χ4v) is 3.53. The standard InChI is InChI=1S/C20H16N2O3S/c23-17(15-6-8-16-14(10-15)7-9-19(24)22-16)12-26-20-21-11-18(25-20)13-4-2-1-3-5-13/h1-6,8,10-11H,7,9,12H2,(H,22,24). The van der Waals surface area contributed by atoms with Crippen LogP contribution >= 0.6 is 11.8 Å².